The highest BCUT2D eigenvalue weighted by Crippen LogP contribution is 2.49. The summed E-state index contributed by atoms with van der Waals surface area (Å²) < 4.78 is 0. The number of rotatable bonds is 8. The Bertz CT molecular complexity index is 1110. The van der Waals surface area contributed by atoms with Gasteiger partial charge in [-0.05, 0) is 58.1 Å². The first kappa shape index (κ1) is 25.2. The highest BCUT2D eigenvalue weighted by Gasteiger charge is 2.46. The summed E-state index contributed by atoms with van der Waals surface area (Å²) in [7, 11) is 0. The number of hydrogen-bond donors (Lipinski definition) is 1. The molecule has 0 heterocycles. The van der Waals surface area contributed by atoms with Crippen LogP contribution in [-0.4, -0.2) is 18.5 Å². The topological polar surface area (TPSA) is 46.3 Å². The Morgan fingerprint density at radius 2 is 1.51 bits per heavy atom. The van der Waals surface area contributed by atoms with Gasteiger partial charge in [0.15, 0.2) is 0 Å². The molecule has 1 fully saturated rings. The summed E-state index contributed by atoms with van der Waals surface area (Å²) in [6, 6.07) is 27.5. The number of carbonyl (C=O) groups is 1. The first-order chi connectivity index (χ1) is 16.7. The van der Waals surface area contributed by atoms with E-state index >= 15 is 0 Å². The lowest BCUT2D eigenvalue weighted by atomic mass is 9.86. The van der Waals surface area contributed by atoms with Crippen LogP contribution in [0, 0.1) is 11.8 Å². The monoisotopic (exact) mass is 468 g/mol. The van der Waals surface area contributed by atoms with E-state index in [1.54, 1.807) is 0 Å². The van der Waals surface area contributed by atoms with E-state index in [0.717, 1.165) is 24.1 Å². The fourth-order valence-corrected chi connectivity index (χ4v) is 4.75. The van der Waals surface area contributed by atoms with Gasteiger partial charge in [0.05, 0.1) is 0 Å². The van der Waals surface area contributed by atoms with Gasteiger partial charge in [0.25, 0.3) is 0 Å². The summed E-state index contributed by atoms with van der Waals surface area (Å²) in [5.41, 5.74) is 12.5. The highest BCUT2D eigenvalue weighted by molar-refractivity contribution is 5.97. The van der Waals surface area contributed by atoms with E-state index in [1.807, 2.05) is 11.0 Å². The van der Waals surface area contributed by atoms with Crippen LogP contribution in [0.15, 0.2) is 78.9 Å². The average molecular weight is 469 g/mol. The van der Waals surface area contributed by atoms with Crippen LogP contribution in [-0.2, 0) is 10.2 Å². The predicted molar refractivity (Wildman–Crippen MR) is 148 cm³/mol. The van der Waals surface area contributed by atoms with Gasteiger partial charge in [-0.15, -0.1) is 0 Å². The summed E-state index contributed by atoms with van der Waals surface area (Å²) in [5.74, 6) is 0.896. The highest BCUT2D eigenvalue weighted by atomic mass is 16.2. The molecule has 1 amide bonds. The lowest BCUT2D eigenvalue weighted by molar-refractivity contribution is -0.120. The summed E-state index contributed by atoms with van der Waals surface area (Å²) in [4.78, 5) is 15.6. The lowest BCUT2D eigenvalue weighted by Crippen LogP contribution is -2.45. The third kappa shape index (κ3) is 5.85. The fraction of sp³-hybridized carbons (Fsp3) is 0.406. The number of nitrogens with zero attached hydrogens (tertiary/aromatic N) is 1. The van der Waals surface area contributed by atoms with E-state index in [-0.39, 0.29) is 23.3 Å². The Hall–Kier alpha value is -2.91. The summed E-state index contributed by atoms with van der Waals surface area (Å²) in [6.45, 7) is 11.6. The van der Waals surface area contributed by atoms with Gasteiger partial charge in [0, 0.05) is 24.2 Å². The molecule has 1 aliphatic carbocycles. The second kappa shape index (κ2) is 10.4. The number of hydrogen-bond acceptors (Lipinski definition) is 2. The molecule has 3 aromatic carbocycles. The number of nitrogens with two attached hydrogens (primary N) is 1. The van der Waals surface area contributed by atoms with Gasteiger partial charge >= 0.3 is 0 Å². The molecular formula is C32H40N2O. The maximum absolute atomic E-state index is 13.7. The Balaban J connectivity index is 1.55. The van der Waals surface area contributed by atoms with Crippen molar-refractivity contribution in [3.63, 3.8) is 0 Å². The van der Waals surface area contributed by atoms with Gasteiger partial charge < -0.3 is 10.6 Å². The van der Waals surface area contributed by atoms with Crippen molar-refractivity contribution in [2.75, 3.05) is 11.4 Å². The molecule has 3 heteroatoms. The Morgan fingerprint density at radius 3 is 2.06 bits per heavy atom. The van der Waals surface area contributed by atoms with Crippen LogP contribution in [0.3, 0.4) is 0 Å². The summed E-state index contributed by atoms with van der Waals surface area (Å²) >= 11 is 0. The number of benzene rings is 3. The Labute approximate surface area is 211 Å². The zero-order valence-corrected chi connectivity index (χ0v) is 21.9. The molecule has 3 nitrogen and oxygen atoms in total. The van der Waals surface area contributed by atoms with Crippen LogP contribution in [0.4, 0.5) is 5.69 Å². The van der Waals surface area contributed by atoms with Crippen molar-refractivity contribution >= 4 is 11.6 Å². The van der Waals surface area contributed by atoms with E-state index in [4.69, 9.17) is 5.73 Å². The molecule has 4 atom stereocenters. The standard InChI is InChI=1S/C32H40N2O/c1-6-22(2)30(33)21-34(31(35)29-20-28(29)25-10-8-7-9-11-25)27-18-14-24(15-19-27)23-12-16-26(17-13-23)32(3,4)5/h7-19,22,28-30H,6,20-21,33H2,1-5H3/t22-,28-,29+,30+/m0/s1. The molecule has 0 spiro atoms. The molecule has 1 saturated carbocycles. The predicted octanol–water partition coefficient (Wildman–Crippen LogP) is 7.16. The van der Waals surface area contributed by atoms with Crippen LogP contribution in [0.1, 0.15) is 64.5 Å². The maximum atomic E-state index is 13.7. The molecule has 0 radical (unpaired) electrons. The Morgan fingerprint density at radius 1 is 0.943 bits per heavy atom. The third-order valence-corrected chi connectivity index (χ3v) is 7.63. The second-order valence-corrected chi connectivity index (χ2v) is 11.2. The minimum atomic E-state index is -0.0532. The van der Waals surface area contributed by atoms with Gasteiger partial charge in [-0.3, -0.25) is 4.79 Å². The van der Waals surface area contributed by atoms with Gasteiger partial charge in [-0.1, -0.05) is 108 Å². The summed E-state index contributed by atoms with van der Waals surface area (Å²) in [6.07, 6.45) is 1.92. The van der Waals surface area contributed by atoms with Crippen molar-refractivity contribution in [1.82, 2.24) is 0 Å². The van der Waals surface area contributed by atoms with Crippen molar-refractivity contribution in [2.24, 2.45) is 17.6 Å². The maximum Gasteiger partial charge on any atom is 0.230 e. The Kier molecular flexibility index (Phi) is 7.47. The van der Waals surface area contributed by atoms with Crippen LogP contribution < -0.4 is 10.6 Å². The average Bonchev–Trinajstić information content (AvgIpc) is 3.67. The molecule has 0 saturated heterocycles. The molecule has 0 unspecified atom stereocenters. The van der Waals surface area contributed by atoms with Gasteiger partial charge in [0.2, 0.25) is 5.91 Å². The molecule has 0 aliphatic heterocycles. The molecule has 184 valence electrons. The number of carbonyl (C=O) groups excluding carboxylic acids is 1. The van der Waals surface area contributed by atoms with Crippen LogP contribution >= 0.6 is 0 Å². The zero-order chi connectivity index (χ0) is 25.2. The normalized spacial score (nSPS) is 19.1. The third-order valence-electron chi connectivity index (χ3n) is 7.63. The smallest absolute Gasteiger partial charge is 0.230 e. The number of anilines is 1. The first-order valence-electron chi connectivity index (χ1n) is 13.0. The number of amides is 1. The second-order valence-electron chi connectivity index (χ2n) is 11.2. The van der Waals surface area contributed by atoms with Crippen molar-refractivity contribution in [3.8, 4) is 11.1 Å². The molecule has 2 N–H and O–H groups in total. The van der Waals surface area contributed by atoms with Crippen molar-refractivity contribution in [3.05, 3.63) is 90.0 Å². The first-order valence-corrected chi connectivity index (χ1v) is 13.0. The summed E-state index contributed by atoms with van der Waals surface area (Å²) in [5, 5.41) is 0. The molecule has 1 aliphatic rings. The molecule has 3 aromatic rings. The van der Waals surface area contributed by atoms with Crippen molar-refractivity contribution in [1.29, 1.82) is 0 Å². The molecule has 0 aromatic heterocycles. The molecule has 4 rings (SSSR count). The van der Waals surface area contributed by atoms with E-state index in [2.05, 4.69) is 107 Å². The molecule has 35 heavy (non-hydrogen) atoms. The molecule has 0 bridgehead atoms. The molecular weight excluding hydrogens is 428 g/mol. The van der Waals surface area contributed by atoms with Gasteiger partial charge in [0.1, 0.15) is 0 Å². The SMILES string of the molecule is CC[C@H](C)[C@H](N)CN(C(=O)[C@@H]1C[C@H]1c1ccccc1)c1ccc(-c2ccc(C(C)(C)C)cc2)cc1. The van der Waals surface area contributed by atoms with Gasteiger partial charge in [-0.25, -0.2) is 0 Å². The lowest BCUT2D eigenvalue weighted by Gasteiger charge is -2.29. The zero-order valence-electron chi connectivity index (χ0n) is 21.9. The fourth-order valence-electron chi connectivity index (χ4n) is 4.75. The van der Waals surface area contributed by atoms with Crippen molar-refractivity contribution in [2.45, 2.75) is 64.8 Å². The van der Waals surface area contributed by atoms with Crippen LogP contribution in [0.5, 0.6) is 0 Å². The van der Waals surface area contributed by atoms with E-state index < -0.39 is 0 Å². The van der Waals surface area contributed by atoms with Crippen LogP contribution in [0.25, 0.3) is 11.1 Å². The van der Waals surface area contributed by atoms with E-state index in [0.29, 0.717) is 18.4 Å². The van der Waals surface area contributed by atoms with Crippen LogP contribution in [0.2, 0.25) is 0 Å². The minimum absolute atomic E-state index is 0.0335. The largest absolute Gasteiger partial charge is 0.326 e. The van der Waals surface area contributed by atoms with E-state index in [9.17, 15) is 4.79 Å². The van der Waals surface area contributed by atoms with Crippen molar-refractivity contribution < 1.29 is 4.79 Å². The quantitative estimate of drug-likeness (QED) is 0.381. The van der Waals surface area contributed by atoms with E-state index in [1.165, 1.54) is 16.7 Å². The van der Waals surface area contributed by atoms with Gasteiger partial charge in [-0.2, -0.15) is 0 Å². The minimum Gasteiger partial charge on any atom is -0.326 e.